The maximum Gasteiger partial charge on any atom is 0.264 e. The third kappa shape index (κ3) is 8.47. The normalized spacial score (nSPS) is 11.9. The number of benzene rings is 3. The predicted molar refractivity (Wildman–Crippen MR) is 163 cm³/mol. The van der Waals surface area contributed by atoms with Crippen LogP contribution in [0.1, 0.15) is 44.2 Å². The van der Waals surface area contributed by atoms with Crippen molar-refractivity contribution in [3.05, 3.63) is 88.9 Å². The first kappa shape index (κ1) is 32.0. The molecule has 0 saturated carbocycles. The minimum Gasteiger partial charge on any atom is -0.497 e. The number of hydrogen-bond acceptors (Lipinski definition) is 5. The number of aryl methyl sites for hydroxylation is 1. The van der Waals surface area contributed by atoms with E-state index in [-0.39, 0.29) is 23.0 Å². The monoisotopic (exact) mass is 599 g/mol. The molecule has 2 amide bonds. The van der Waals surface area contributed by atoms with Crippen molar-refractivity contribution in [1.29, 1.82) is 0 Å². The Hall–Kier alpha value is -3.56. The van der Waals surface area contributed by atoms with Gasteiger partial charge in [0.2, 0.25) is 11.8 Å². The van der Waals surface area contributed by atoms with E-state index < -0.39 is 28.5 Å². The second-order valence-corrected chi connectivity index (χ2v) is 12.0. The van der Waals surface area contributed by atoms with Gasteiger partial charge in [0.1, 0.15) is 18.3 Å². The van der Waals surface area contributed by atoms with E-state index in [1.807, 2.05) is 32.9 Å². The predicted octanol–water partition coefficient (Wildman–Crippen LogP) is 5.58. The average Bonchev–Trinajstić information content (AvgIpc) is 2.96. The Balaban J connectivity index is 2.03. The number of anilines is 1. The molecule has 0 aliphatic heterocycles. The highest BCUT2D eigenvalue weighted by Crippen LogP contribution is 2.27. The molecule has 1 N–H and O–H groups in total. The number of nitrogens with zero attached hydrogens (tertiary/aromatic N) is 2. The molecule has 10 heteroatoms. The quantitative estimate of drug-likeness (QED) is 0.244. The molecule has 0 radical (unpaired) electrons. The molecule has 0 heterocycles. The summed E-state index contributed by atoms with van der Waals surface area (Å²) < 4.78 is 34.1. The van der Waals surface area contributed by atoms with Gasteiger partial charge >= 0.3 is 0 Å². The number of carbonyl (C=O) groups is 2. The highest BCUT2D eigenvalue weighted by molar-refractivity contribution is 7.92. The fraction of sp³-hybridized carbons (Fsp3) is 0.355. The lowest BCUT2D eigenvalue weighted by atomic mass is 10.1. The molecule has 0 spiro atoms. The number of ether oxygens (including phenoxy) is 1. The van der Waals surface area contributed by atoms with E-state index in [0.717, 1.165) is 28.3 Å². The van der Waals surface area contributed by atoms with Crippen molar-refractivity contribution in [1.82, 2.24) is 10.2 Å². The van der Waals surface area contributed by atoms with Gasteiger partial charge in [-0.15, -0.1) is 0 Å². The SMILES string of the molecule is CCCCNC(=O)[C@@H](CC)N(Cc1ccc(OC)cc1)C(=O)CN(c1cccc(Cl)c1)S(=O)(=O)c1ccc(C)cc1. The van der Waals surface area contributed by atoms with Crippen LogP contribution < -0.4 is 14.4 Å². The van der Waals surface area contributed by atoms with Crippen LogP contribution in [0.5, 0.6) is 5.75 Å². The first-order chi connectivity index (χ1) is 19.6. The van der Waals surface area contributed by atoms with Gasteiger partial charge in [0.25, 0.3) is 10.0 Å². The highest BCUT2D eigenvalue weighted by Gasteiger charge is 2.33. The van der Waals surface area contributed by atoms with E-state index in [4.69, 9.17) is 16.3 Å². The van der Waals surface area contributed by atoms with Gasteiger partial charge in [-0.25, -0.2) is 8.42 Å². The van der Waals surface area contributed by atoms with E-state index >= 15 is 0 Å². The Kier molecular flexibility index (Phi) is 11.6. The van der Waals surface area contributed by atoms with Gasteiger partial charge in [0.15, 0.2) is 0 Å². The summed E-state index contributed by atoms with van der Waals surface area (Å²) in [7, 11) is -2.59. The summed E-state index contributed by atoms with van der Waals surface area (Å²) in [6.07, 6.45) is 2.07. The number of rotatable bonds is 14. The number of unbranched alkanes of at least 4 members (excludes halogenated alkanes) is 1. The summed E-state index contributed by atoms with van der Waals surface area (Å²) in [6.45, 7) is 5.80. The minimum absolute atomic E-state index is 0.0435. The molecular weight excluding hydrogens is 562 g/mol. The van der Waals surface area contributed by atoms with Crippen LogP contribution in [0.4, 0.5) is 5.69 Å². The molecule has 3 rings (SSSR count). The molecule has 41 heavy (non-hydrogen) atoms. The summed E-state index contributed by atoms with van der Waals surface area (Å²) in [5.41, 5.74) is 1.92. The number of carbonyl (C=O) groups excluding carboxylic acids is 2. The molecular formula is C31H38ClN3O5S. The van der Waals surface area contributed by atoms with Gasteiger partial charge < -0.3 is 15.0 Å². The molecule has 0 aromatic heterocycles. The number of halogens is 1. The zero-order chi connectivity index (χ0) is 30.0. The molecule has 8 nitrogen and oxygen atoms in total. The first-order valence-electron chi connectivity index (χ1n) is 13.7. The molecule has 0 fully saturated rings. The Morgan fingerprint density at radius 2 is 1.68 bits per heavy atom. The van der Waals surface area contributed by atoms with Gasteiger partial charge in [0.05, 0.1) is 17.7 Å². The van der Waals surface area contributed by atoms with Crippen LogP contribution in [0.25, 0.3) is 0 Å². The van der Waals surface area contributed by atoms with Crippen molar-refractivity contribution < 1.29 is 22.7 Å². The van der Waals surface area contributed by atoms with Gasteiger partial charge in [0, 0.05) is 18.1 Å². The van der Waals surface area contributed by atoms with Crippen molar-refractivity contribution in [2.24, 2.45) is 0 Å². The fourth-order valence-electron chi connectivity index (χ4n) is 4.35. The zero-order valence-electron chi connectivity index (χ0n) is 24.0. The maximum absolute atomic E-state index is 14.1. The summed E-state index contributed by atoms with van der Waals surface area (Å²) in [6, 6.07) is 19.2. The standard InChI is InChI=1S/C31H38ClN3O5S/c1-5-7-19-33-31(37)29(6-2)34(21-24-13-15-27(40-4)16-14-24)30(36)22-35(26-10-8-9-25(32)20-26)41(38,39)28-17-11-23(3)12-18-28/h8-18,20,29H,5-7,19,21-22H2,1-4H3,(H,33,37)/t29-/m1/s1. The number of hydrogen-bond donors (Lipinski definition) is 1. The third-order valence-electron chi connectivity index (χ3n) is 6.71. The molecule has 0 aliphatic carbocycles. The maximum atomic E-state index is 14.1. The average molecular weight is 600 g/mol. The molecule has 0 bridgehead atoms. The second-order valence-electron chi connectivity index (χ2n) is 9.74. The number of nitrogens with one attached hydrogen (secondary N) is 1. The van der Waals surface area contributed by atoms with Gasteiger partial charge in [-0.05, 0) is 67.8 Å². The molecule has 3 aromatic carbocycles. The summed E-state index contributed by atoms with van der Waals surface area (Å²) in [5.74, 6) is -0.139. The largest absolute Gasteiger partial charge is 0.497 e. The first-order valence-corrected chi connectivity index (χ1v) is 15.5. The molecule has 1 atom stereocenters. The van der Waals surface area contributed by atoms with Crippen LogP contribution >= 0.6 is 11.6 Å². The molecule has 0 unspecified atom stereocenters. The number of amides is 2. The van der Waals surface area contributed by atoms with Crippen LogP contribution in [0.3, 0.4) is 0 Å². The van der Waals surface area contributed by atoms with Crippen molar-refractivity contribution in [3.63, 3.8) is 0 Å². The van der Waals surface area contributed by atoms with Crippen LogP contribution in [0, 0.1) is 6.92 Å². The second kappa shape index (κ2) is 14.9. The van der Waals surface area contributed by atoms with E-state index in [0.29, 0.717) is 23.7 Å². The summed E-state index contributed by atoms with van der Waals surface area (Å²) in [4.78, 5) is 28.8. The van der Waals surface area contributed by atoms with E-state index in [2.05, 4.69) is 5.32 Å². The van der Waals surface area contributed by atoms with Gasteiger partial charge in [-0.2, -0.15) is 0 Å². The third-order valence-corrected chi connectivity index (χ3v) is 8.73. The Bertz CT molecular complexity index is 1410. The minimum atomic E-state index is -4.16. The number of sulfonamides is 1. The molecule has 0 aliphatic rings. The number of methoxy groups -OCH3 is 1. The van der Waals surface area contributed by atoms with Crippen molar-refractivity contribution in [3.8, 4) is 5.75 Å². The Labute approximate surface area is 248 Å². The van der Waals surface area contributed by atoms with Crippen LogP contribution in [-0.4, -0.2) is 51.4 Å². The highest BCUT2D eigenvalue weighted by atomic mass is 35.5. The van der Waals surface area contributed by atoms with Crippen molar-refractivity contribution >= 4 is 39.1 Å². The fourth-order valence-corrected chi connectivity index (χ4v) is 5.94. The summed E-state index contributed by atoms with van der Waals surface area (Å²) >= 11 is 6.23. The topological polar surface area (TPSA) is 96.0 Å². The van der Waals surface area contributed by atoms with Crippen molar-refractivity contribution in [2.45, 2.75) is 57.5 Å². The van der Waals surface area contributed by atoms with Gasteiger partial charge in [-0.3, -0.25) is 13.9 Å². The Morgan fingerprint density at radius 3 is 2.27 bits per heavy atom. The van der Waals surface area contributed by atoms with E-state index in [1.54, 1.807) is 49.6 Å². The van der Waals surface area contributed by atoms with Gasteiger partial charge in [-0.1, -0.05) is 67.8 Å². The van der Waals surface area contributed by atoms with E-state index in [1.165, 1.54) is 23.1 Å². The lowest BCUT2D eigenvalue weighted by Gasteiger charge is -2.33. The van der Waals surface area contributed by atoms with Crippen LogP contribution in [0.15, 0.2) is 77.7 Å². The lowest BCUT2D eigenvalue weighted by Crippen LogP contribution is -2.52. The molecule has 3 aromatic rings. The molecule has 0 saturated heterocycles. The van der Waals surface area contributed by atoms with Crippen LogP contribution in [0.2, 0.25) is 5.02 Å². The zero-order valence-corrected chi connectivity index (χ0v) is 25.5. The van der Waals surface area contributed by atoms with E-state index in [9.17, 15) is 18.0 Å². The summed E-state index contributed by atoms with van der Waals surface area (Å²) in [5, 5.41) is 3.26. The van der Waals surface area contributed by atoms with Crippen molar-refractivity contribution in [2.75, 3.05) is 24.5 Å². The molecule has 220 valence electrons. The lowest BCUT2D eigenvalue weighted by molar-refractivity contribution is -0.140. The smallest absolute Gasteiger partial charge is 0.264 e. The van der Waals surface area contributed by atoms with Crippen LogP contribution in [-0.2, 0) is 26.2 Å². The Morgan fingerprint density at radius 1 is 1.00 bits per heavy atom.